The number of ether oxygens (including phenoxy) is 3. The summed E-state index contributed by atoms with van der Waals surface area (Å²) in [4.78, 5) is 26.0. The van der Waals surface area contributed by atoms with Gasteiger partial charge in [0.15, 0.2) is 17.6 Å². The van der Waals surface area contributed by atoms with E-state index in [4.69, 9.17) is 25.8 Å². The normalized spacial score (nSPS) is 11.8. The van der Waals surface area contributed by atoms with Gasteiger partial charge in [-0.05, 0) is 55.3 Å². The molecule has 6 nitrogen and oxygen atoms in total. The number of likely N-dealkylation sites (N-methyl/N-ethyl adjacent to an activating group) is 1. The van der Waals surface area contributed by atoms with Crippen LogP contribution in [0.25, 0.3) is 6.08 Å². The third kappa shape index (κ3) is 7.00. The second-order valence-electron chi connectivity index (χ2n) is 6.70. The third-order valence-corrected chi connectivity index (χ3v) is 4.55. The Labute approximate surface area is 186 Å². The highest BCUT2D eigenvalue weighted by Crippen LogP contribution is 2.36. The second-order valence-corrected chi connectivity index (χ2v) is 7.11. The third-order valence-electron chi connectivity index (χ3n) is 4.27. The van der Waals surface area contributed by atoms with E-state index in [2.05, 4.69) is 0 Å². The summed E-state index contributed by atoms with van der Waals surface area (Å²) < 4.78 is 29.2. The van der Waals surface area contributed by atoms with E-state index >= 15 is 0 Å². The minimum atomic E-state index is -1.01. The number of rotatable bonds is 9. The van der Waals surface area contributed by atoms with Crippen molar-refractivity contribution in [3.63, 3.8) is 0 Å². The number of methoxy groups -OCH3 is 1. The van der Waals surface area contributed by atoms with Crippen molar-refractivity contribution in [2.24, 2.45) is 0 Å². The largest absolute Gasteiger partial charge is 0.491 e. The van der Waals surface area contributed by atoms with E-state index in [-0.39, 0.29) is 12.4 Å². The smallest absolute Gasteiger partial charge is 0.331 e. The molecule has 1 amide bonds. The van der Waals surface area contributed by atoms with E-state index in [1.54, 1.807) is 31.3 Å². The zero-order chi connectivity index (χ0) is 23.0. The lowest BCUT2D eigenvalue weighted by atomic mass is 10.2. The zero-order valence-corrected chi connectivity index (χ0v) is 18.6. The predicted molar refractivity (Wildman–Crippen MR) is 117 cm³/mol. The summed E-state index contributed by atoms with van der Waals surface area (Å²) in [5.41, 5.74) is 1.24. The quantitative estimate of drug-likeness (QED) is 0.417. The molecule has 2 aromatic carbocycles. The monoisotopic (exact) mass is 449 g/mol. The molecule has 0 spiro atoms. The van der Waals surface area contributed by atoms with Crippen LogP contribution in [0.2, 0.25) is 5.02 Å². The Hall–Kier alpha value is -3.06. The number of halogens is 2. The number of carbonyl (C=O) groups excluding carboxylic acids is 2. The minimum absolute atomic E-state index is 0.193. The van der Waals surface area contributed by atoms with Crippen molar-refractivity contribution in [3.05, 3.63) is 64.4 Å². The highest BCUT2D eigenvalue weighted by Gasteiger charge is 2.21. The molecule has 0 radical (unpaired) electrons. The van der Waals surface area contributed by atoms with Crippen LogP contribution in [0.3, 0.4) is 0 Å². The number of hydrogen-bond donors (Lipinski definition) is 0. The Bertz CT molecular complexity index is 963. The molecule has 8 heteroatoms. The Morgan fingerprint density at radius 3 is 2.65 bits per heavy atom. The molecule has 0 heterocycles. The molecule has 1 unspecified atom stereocenters. The standard InChI is InChI=1S/C23H25ClFNO5/c1-5-30-20-13-16(12-19(24)22(20)29-4)9-10-21(27)31-15(2)23(28)26(3)14-17-7-6-8-18(25)11-17/h6-13,15H,5,14H2,1-4H3/b10-9+. The maximum absolute atomic E-state index is 13.3. The van der Waals surface area contributed by atoms with E-state index < -0.39 is 18.0 Å². The SMILES string of the molecule is CCOc1cc(/C=C/C(=O)OC(C)C(=O)N(C)Cc2cccc(F)c2)cc(Cl)c1OC. The van der Waals surface area contributed by atoms with Gasteiger partial charge in [0, 0.05) is 19.7 Å². The summed E-state index contributed by atoms with van der Waals surface area (Å²) in [7, 11) is 3.04. The molecule has 2 rings (SSSR count). The van der Waals surface area contributed by atoms with Gasteiger partial charge in [0.05, 0.1) is 18.7 Å². The fraction of sp³-hybridized carbons (Fsp3) is 0.304. The lowest BCUT2D eigenvalue weighted by Gasteiger charge is -2.21. The van der Waals surface area contributed by atoms with E-state index in [1.807, 2.05) is 6.92 Å². The Morgan fingerprint density at radius 1 is 1.26 bits per heavy atom. The molecule has 2 aromatic rings. The number of hydrogen-bond acceptors (Lipinski definition) is 5. The maximum Gasteiger partial charge on any atom is 0.331 e. The molecule has 166 valence electrons. The van der Waals surface area contributed by atoms with Crippen LogP contribution in [0, 0.1) is 5.82 Å². The number of esters is 1. The summed E-state index contributed by atoms with van der Waals surface area (Å²) >= 11 is 6.19. The van der Waals surface area contributed by atoms with Crippen molar-refractivity contribution in [3.8, 4) is 11.5 Å². The van der Waals surface area contributed by atoms with Crippen LogP contribution in [0.1, 0.15) is 25.0 Å². The van der Waals surface area contributed by atoms with E-state index in [9.17, 15) is 14.0 Å². The van der Waals surface area contributed by atoms with Crippen LogP contribution >= 0.6 is 11.6 Å². The summed E-state index contributed by atoms with van der Waals surface area (Å²) in [6, 6.07) is 9.25. The van der Waals surface area contributed by atoms with Crippen molar-refractivity contribution in [1.82, 2.24) is 4.90 Å². The van der Waals surface area contributed by atoms with E-state index in [1.165, 1.54) is 43.2 Å². The predicted octanol–water partition coefficient (Wildman–Crippen LogP) is 4.49. The van der Waals surface area contributed by atoms with Gasteiger partial charge in [0.1, 0.15) is 5.82 Å². The fourth-order valence-corrected chi connectivity index (χ4v) is 3.17. The summed E-state index contributed by atoms with van der Waals surface area (Å²) in [5, 5.41) is 0.337. The molecule has 0 saturated carbocycles. The zero-order valence-electron chi connectivity index (χ0n) is 17.9. The summed E-state index contributed by atoms with van der Waals surface area (Å²) in [6.45, 7) is 3.92. The Morgan fingerprint density at radius 2 is 2.00 bits per heavy atom. The molecule has 0 aliphatic heterocycles. The van der Waals surface area contributed by atoms with Gasteiger partial charge >= 0.3 is 5.97 Å². The van der Waals surface area contributed by atoms with Gasteiger partial charge < -0.3 is 19.1 Å². The van der Waals surface area contributed by atoms with Gasteiger partial charge in [0.25, 0.3) is 5.91 Å². The van der Waals surface area contributed by atoms with Crippen LogP contribution in [0.4, 0.5) is 4.39 Å². The molecular weight excluding hydrogens is 425 g/mol. The molecule has 1 atom stereocenters. The topological polar surface area (TPSA) is 65.1 Å². The van der Waals surface area contributed by atoms with Gasteiger partial charge in [-0.25, -0.2) is 9.18 Å². The molecule has 0 aliphatic rings. The van der Waals surface area contributed by atoms with Gasteiger partial charge in [-0.15, -0.1) is 0 Å². The van der Waals surface area contributed by atoms with Crippen LogP contribution in [-0.4, -0.2) is 43.6 Å². The van der Waals surface area contributed by atoms with Crippen LogP contribution < -0.4 is 9.47 Å². The van der Waals surface area contributed by atoms with Crippen molar-refractivity contribution in [1.29, 1.82) is 0 Å². The molecular formula is C23H25ClFNO5. The van der Waals surface area contributed by atoms with Crippen LogP contribution in [0.15, 0.2) is 42.5 Å². The summed E-state index contributed by atoms with van der Waals surface area (Å²) in [6.07, 6.45) is 1.70. The highest BCUT2D eigenvalue weighted by molar-refractivity contribution is 6.32. The van der Waals surface area contributed by atoms with Crippen molar-refractivity contribution < 1.29 is 28.2 Å². The first-order valence-corrected chi connectivity index (χ1v) is 10.0. The van der Waals surface area contributed by atoms with Gasteiger partial charge in [-0.1, -0.05) is 23.7 Å². The highest BCUT2D eigenvalue weighted by atomic mass is 35.5. The first-order chi connectivity index (χ1) is 14.7. The van der Waals surface area contributed by atoms with Crippen LogP contribution in [0.5, 0.6) is 11.5 Å². The first kappa shape index (κ1) is 24.2. The Balaban J connectivity index is 1.99. The number of carbonyl (C=O) groups is 2. The van der Waals surface area contributed by atoms with Crippen molar-refractivity contribution in [2.45, 2.75) is 26.5 Å². The molecule has 0 N–H and O–H groups in total. The lowest BCUT2D eigenvalue weighted by molar-refractivity contribution is -0.154. The van der Waals surface area contributed by atoms with Crippen molar-refractivity contribution >= 4 is 29.6 Å². The van der Waals surface area contributed by atoms with Crippen LogP contribution in [-0.2, 0) is 20.9 Å². The molecule has 31 heavy (non-hydrogen) atoms. The summed E-state index contributed by atoms with van der Waals surface area (Å²) in [5.74, 6) is -0.618. The molecule has 0 bridgehead atoms. The minimum Gasteiger partial charge on any atom is -0.491 e. The van der Waals surface area contributed by atoms with Gasteiger partial charge in [-0.2, -0.15) is 0 Å². The average molecular weight is 450 g/mol. The molecule has 0 saturated heterocycles. The molecule has 0 fully saturated rings. The average Bonchev–Trinajstić information content (AvgIpc) is 2.71. The number of benzene rings is 2. The van der Waals surface area contributed by atoms with Crippen molar-refractivity contribution in [2.75, 3.05) is 20.8 Å². The number of amides is 1. The molecule has 0 aliphatic carbocycles. The Kier molecular flexibility index (Phi) is 8.88. The lowest BCUT2D eigenvalue weighted by Crippen LogP contribution is -2.36. The number of nitrogens with zero attached hydrogens (tertiary/aromatic N) is 1. The van der Waals surface area contributed by atoms with E-state index in [0.29, 0.717) is 34.3 Å². The second kappa shape index (κ2) is 11.4. The van der Waals surface area contributed by atoms with E-state index in [0.717, 1.165) is 0 Å². The van der Waals surface area contributed by atoms with Gasteiger partial charge in [-0.3, -0.25) is 4.79 Å². The fourth-order valence-electron chi connectivity index (χ4n) is 2.87. The van der Waals surface area contributed by atoms with Gasteiger partial charge in [0.2, 0.25) is 0 Å². The first-order valence-electron chi connectivity index (χ1n) is 9.63. The maximum atomic E-state index is 13.3. The molecule has 0 aromatic heterocycles.